The minimum Gasteiger partial charge on any atom is -0.258 e. The Hall–Kier alpha value is -1.20. The van der Waals surface area contributed by atoms with Gasteiger partial charge in [-0.05, 0) is 24.5 Å². The third-order valence-electron chi connectivity index (χ3n) is 1.95. The van der Waals surface area contributed by atoms with Gasteiger partial charge in [0.15, 0.2) is 5.15 Å². The molecule has 0 aliphatic carbocycles. The smallest absolute Gasteiger partial charge is 0.258 e. The highest BCUT2D eigenvalue weighted by Crippen LogP contribution is 2.36. The summed E-state index contributed by atoms with van der Waals surface area (Å²) in [4.78, 5) is 10.4. The molecule has 0 N–H and O–H groups in total. The van der Waals surface area contributed by atoms with Crippen LogP contribution in [-0.2, 0) is 0 Å². The predicted octanol–water partition coefficient (Wildman–Crippen LogP) is 3.17. The van der Waals surface area contributed by atoms with E-state index >= 15 is 0 Å². The summed E-state index contributed by atoms with van der Waals surface area (Å²) in [5.74, 6) is 0. The fourth-order valence-electron chi connectivity index (χ4n) is 1.32. The lowest BCUT2D eigenvalue weighted by atomic mass is 10.1. The van der Waals surface area contributed by atoms with Crippen molar-refractivity contribution in [3.8, 4) is 0 Å². The van der Waals surface area contributed by atoms with Gasteiger partial charge >= 0.3 is 0 Å². The van der Waals surface area contributed by atoms with E-state index in [0.717, 1.165) is 4.70 Å². The normalized spacial score (nSPS) is 10.7. The molecule has 14 heavy (non-hydrogen) atoms. The van der Waals surface area contributed by atoms with Crippen molar-refractivity contribution < 1.29 is 4.92 Å². The highest BCUT2D eigenvalue weighted by atomic mass is 35.5. The number of nitro benzene ring substituents is 1. The van der Waals surface area contributed by atoms with E-state index in [1.165, 1.54) is 11.5 Å². The molecule has 0 radical (unpaired) electrons. The quantitative estimate of drug-likeness (QED) is 0.556. The van der Waals surface area contributed by atoms with Gasteiger partial charge in [0, 0.05) is 5.56 Å². The van der Waals surface area contributed by atoms with Crippen LogP contribution in [-0.4, -0.2) is 9.30 Å². The summed E-state index contributed by atoms with van der Waals surface area (Å²) in [6, 6.07) is 3.50. The number of halogens is 1. The lowest BCUT2D eigenvalue weighted by molar-refractivity contribution is -0.383. The molecule has 0 amide bonds. The average Bonchev–Trinajstić information content (AvgIpc) is 2.47. The van der Waals surface area contributed by atoms with E-state index in [1.54, 1.807) is 19.1 Å². The summed E-state index contributed by atoms with van der Waals surface area (Å²) < 4.78 is 4.63. The number of hydrogen-bond donors (Lipinski definition) is 0. The molecule has 72 valence electrons. The molecule has 1 aromatic carbocycles. The molecule has 2 rings (SSSR count). The Morgan fingerprint density at radius 1 is 1.57 bits per heavy atom. The topological polar surface area (TPSA) is 56.0 Å². The van der Waals surface area contributed by atoms with Crippen LogP contribution in [0.25, 0.3) is 10.1 Å². The first-order valence-corrected chi connectivity index (χ1v) is 4.95. The molecule has 0 fully saturated rings. The van der Waals surface area contributed by atoms with E-state index in [0.29, 0.717) is 10.9 Å². The van der Waals surface area contributed by atoms with Crippen LogP contribution in [0.4, 0.5) is 5.69 Å². The Bertz CT molecular complexity index is 523. The predicted molar refractivity (Wildman–Crippen MR) is 56.0 cm³/mol. The van der Waals surface area contributed by atoms with Gasteiger partial charge in [0.2, 0.25) is 0 Å². The lowest BCUT2D eigenvalue weighted by Gasteiger charge is -1.97. The lowest BCUT2D eigenvalue weighted by Crippen LogP contribution is -1.91. The van der Waals surface area contributed by atoms with Crippen LogP contribution in [0.15, 0.2) is 12.1 Å². The van der Waals surface area contributed by atoms with Crippen molar-refractivity contribution in [1.82, 2.24) is 4.37 Å². The zero-order chi connectivity index (χ0) is 10.3. The third-order valence-corrected chi connectivity index (χ3v) is 3.14. The number of aryl methyl sites for hydroxylation is 1. The van der Waals surface area contributed by atoms with Gasteiger partial charge in [-0.25, -0.2) is 0 Å². The van der Waals surface area contributed by atoms with E-state index in [4.69, 9.17) is 11.6 Å². The molecule has 0 saturated heterocycles. The number of benzene rings is 1. The van der Waals surface area contributed by atoms with Gasteiger partial charge < -0.3 is 0 Å². The number of fused-ring (bicyclic) bond motifs is 1. The molecule has 0 saturated carbocycles. The van der Waals surface area contributed by atoms with E-state index in [1.807, 2.05) is 0 Å². The molecule has 6 heteroatoms. The number of nitro groups is 1. The molecular weight excluding hydrogens is 224 g/mol. The highest BCUT2D eigenvalue weighted by molar-refractivity contribution is 7.13. The number of rotatable bonds is 1. The van der Waals surface area contributed by atoms with Crippen LogP contribution < -0.4 is 0 Å². The van der Waals surface area contributed by atoms with Crippen molar-refractivity contribution in [3.63, 3.8) is 0 Å². The number of nitrogens with zero attached hydrogens (tertiary/aromatic N) is 2. The summed E-state index contributed by atoms with van der Waals surface area (Å²) >= 11 is 6.96. The van der Waals surface area contributed by atoms with Gasteiger partial charge in [0.1, 0.15) is 5.39 Å². The summed E-state index contributed by atoms with van der Waals surface area (Å²) in [6.45, 7) is 1.69. The summed E-state index contributed by atoms with van der Waals surface area (Å²) in [5.41, 5.74) is 0.658. The number of aromatic nitrogens is 1. The average molecular weight is 229 g/mol. The Morgan fingerprint density at radius 3 is 2.93 bits per heavy atom. The first-order chi connectivity index (χ1) is 6.61. The van der Waals surface area contributed by atoms with Gasteiger partial charge in [0.05, 0.1) is 9.62 Å². The molecule has 0 unspecified atom stereocenters. The zero-order valence-electron chi connectivity index (χ0n) is 7.15. The molecule has 2 aromatic rings. The van der Waals surface area contributed by atoms with Gasteiger partial charge in [-0.15, -0.1) is 0 Å². The first-order valence-electron chi connectivity index (χ1n) is 3.80. The fraction of sp³-hybridized carbons (Fsp3) is 0.125. The maximum absolute atomic E-state index is 10.8. The van der Waals surface area contributed by atoms with E-state index in [-0.39, 0.29) is 10.8 Å². The second kappa shape index (κ2) is 3.18. The van der Waals surface area contributed by atoms with Crippen molar-refractivity contribution in [3.05, 3.63) is 33.0 Å². The first kappa shape index (κ1) is 9.36. The molecule has 0 bridgehead atoms. The maximum atomic E-state index is 10.8. The molecule has 0 atom stereocenters. The van der Waals surface area contributed by atoms with Crippen LogP contribution in [0.2, 0.25) is 5.15 Å². The second-order valence-electron chi connectivity index (χ2n) is 2.83. The molecule has 4 nitrogen and oxygen atoms in total. The third kappa shape index (κ3) is 1.25. The Labute approximate surface area is 88.4 Å². The molecule has 0 aliphatic heterocycles. The summed E-state index contributed by atoms with van der Waals surface area (Å²) in [7, 11) is 0. The molecule has 0 spiro atoms. The van der Waals surface area contributed by atoms with E-state index in [2.05, 4.69) is 4.37 Å². The van der Waals surface area contributed by atoms with Crippen LogP contribution in [0, 0.1) is 17.0 Å². The molecular formula is C8H5ClN2O2S. The number of hydrogen-bond acceptors (Lipinski definition) is 4. The van der Waals surface area contributed by atoms with Crippen LogP contribution in [0.5, 0.6) is 0 Å². The maximum Gasteiger partial charge on any atom is 0.284 e. The Kier molecular flexibility index (Phi) is 2.13. The summed E-state index contributed by atoms with van der Waals surface area (Å²) in [5, 5.41) is 11.5. The van der Waals surface area contributed by atoms with Crippen LogP contribution in [0.3, 0.4) is 0 Å². The standard InChI is InChI=1S/C8H5ClN2O2S/c1-4-2-3-5-6(7(4)11(12)13)8(9)10-14-5/h2-3H,1H3. The molecule has 1 heterocycles. The minimum absolute atomic E-state index is 0.0567. The van der Waals surface area contributed by atoms with Crippen molar-refractivity contribution in [2.45, 2.75) is 6.92 Å². The van der Waals surface area contributed by atoms with Crippen LogP contribution >= 0.6 is 23.1 Å². The second-order valence-corrected chi connectivity index (χ2v) is 4.00. The van der Waals surface area contributed by atoms with E-state index < -0.39 is 4.92 Å². The SMILES string of the molecule is Cc1ccc2snc(Cl)c2c1[N+](=O)[O-]. The highest BCUT2D eigenvalue weighted by Gasteiger charge is 2.20. The van der Waals surface area contributed by atoms with Gasteiger partial charge in [-0.1, -0.05) is 17.7 Å². The van der Waals surface area contributed by atoms with Crippen molar-refractivity contribution in [2.24, 2.45) is 0 Å². The van der Waals surface area contributed by atoms with Crippen molar-refractivity contribution >= 4 is 38.9 Å². The largest absolute Gasteiger partial charge is 0.284 e. The molecule has 1 aromatic heterocycles. The minimum atomic E-state index is -0.419. The van der Waals surface area contributed by atoms with Crippen molar-refractivity contribution in [1.29, 1.82) is 0 Å². The van der Waals surface area contributed by atoms with Gasteiger partial charge in [-0.3, -0.25) is 10.1 Å². The summed E-state index contributed by atoms with van der Waals surface area (Å²) in [6.07, 6.45) is 0. The van der Waals surface area contributed by atoms with Gasteiger partial charge in [0.25, 0.3) is 5.69 Å². The van der Waals surface area contributed by atoms with Crippen LogP contribution in [0.1, 0.15) is 5.56 Å². The molecule has 0 aliphatic rings. The Balaban J connectivity index is 2.94. The fourth-order valence-corrected chi connectivity index (χ4v) is 2.36. The van der Waals surface area contributed by atoms with Crippen molar-refractivity contribution in [2.75, 3.05) is 0 Å². The van der Waals surface area contributed by atoms with Gasteiger partial charge in [-0.2, -0.15) is 4.37 Å². The zero-order valence-corrected chi connectivity index (χ0v) is 8.72. The van der Waals surface area contributed by atoms with E-state index in [9.17, 15) is 10.1 Å². The monoisotopic (exact) mass is 228 g/mol. The Morgan fingerprint density at radius 2 is 2.29 bits per heavy atom.